The number of benzene rings is 2. The van der Waals surface area contributed by atoms with Gasteiger partial charge in [-0.3, -0.25) is 4.79 Å². The minimum atomic E-state index is -3.74. The fourth-order valence-electron chi connectivity index (χ4n) is 5.48. The van der Waals surface area contributed by atoms with Gasteiger partial charge in [-0.1, -0.05) is 37.8 Å². The molecule has 2 aromatic rings. The number of sulfonamides is 1. The van der Waals surface area contributed by atoms with E-state index in [1.807, 2.05) is 43.0 Å². The van der Waals surface area contributed by atoms with Gasteiger partial charge in [0.2, 0.25) is 15.9 Å². The second-order valence-corrected chi connectivity index (χ2v) is 15.0. The van der Waals surface area contributed by atoms with Gasteiger partial charge in [0.15, 0.2) is 0 Å². The Kier molecular flexibility index (Phi) is 12.1. The van der Waals surface area contributed by atoms with Crippen LogP contribution in [0.3, 0.4) is 0 Å². The van der Waals surface area contributed by atoms with Gasteiger partial charge < -0.3 is 25.8 Å². The summed E-state index contributed by atoms with van der Waals surface area (Å²) in [7, 11) is -3.74. The van der Waals surface area contributed by atoms with Crippen molar-refractivity contribution in [3.63, 3.8) is 0 Å². The van der Waals surface area contributed by atoms with E-state index in [-0.39, 0.29) is 55.2 Å². The van der Waals surface area contributed by atoms with Crippen molar-refractivity contribution in [2.45, 2.75) is 70.8 Å². The number of aliphatic imine (C=N–C) groups is 1. The standard InChI is InChI=1S/C36H47N5O6S/c1-6-15-40(16-7-2)34(43)29-19-31-27(11-8-9-14-38-35(44)47-36(3,4)5)17-28(20-32(31)39-33(37)21-29)26-12-10-13-30(18-26)48(45,46)41-22-25(23-41)24-42/h10,12-13,17-20,25,42H,6-7,9,14-16,21-24H2,1-5H3,(H2,37,39)(H,38,44). The Balaban J connectivity index is 1.74. The SMILES string of the molecule is CCCN(CCC)C(=O)C1=Cc2c(C#CCCNC(=O)OC(C)(C)C)cc(-c3cccc(S(=O)(=O)N4CC(CO)C4)c3)cc2N=C(N)C1. The smallest absolute Gasteiger partial charge is 0.407 e. The van der Waals surface area contributed by atoms with Crippen LogP contribution in [0.2, 0.25) is 0 Å². The number of amidine groups is 1. The van der Waals surface area contributed by atoms with Crippen molar-refractivity contribution in [1.29, 1.82) is 0 Å². The third-order valence-electron chi connectivity index (χ3n) is 7.79. The quantitative estimate of drug-likeness (QED) is 0.231. The number of aliphatic hydroxyl groups is 1. The van der Waals surface area contributed by atoms with Crippen LogP contribution in [0.4, 0.5) is 10.5 Å². The zero-order chi connectivity index (χ0) is 35.1. The van der Waals surface area contributed by atoms with Gasteiger partial charge in [0.25, 0.3) is 0 Å². The highest BCUT2D eigenvalue weighted by atomic mass is 32.2. The number of carbonyl (C=O) groups is 2. The van der Waals surface area contributed by atoms with E-state index in [1.54, 1.807) is 39.0 Å². The van der Waals surface area contributed by atoms with E-state index in [0.29, 0.717) is 53.0 Å². The van der Waals surface area contributed by atoms with Gasteiger partial charge in [-0.05, 0) is 75.1 Å². The summed E-state index contributed by atoms with van der Waals surface area (Å²) in [5.74, 6) is 6.45. The summed E-state index contributed by atoms with van der Waals surface area (Å²) >= 11 is 0. The first-order chi connectivity index (χ1) is 22.7. The number of alkyl carbamates (subject to hydrolysis) is 1. The molecule has 0 saturated carbocycles. The van der Waals surface area contributed by atoms with Gasteiger partial charge in [-0.15, -0.1) is 0 Å². The average Bonchev–Trinajstić information content (AvgIpc) is 3.17. The summed E-state index contributed by atoms with van der Waals surface area (Å²) < 4.78 is 33.3. The highest BCUT2D eigenvalue weighted by Gasteiger charge is 2.36. The van der Waals surface area contributed by atoms with Crippen LogP contribution in [0.5, 0.6) is 0 Å². The molecule has 2 amide bonds. The molecule has 0 unspecified atom stereocenters. The highest BCUT2D eigenvalue weighted by Crippen LogP contribution is 2.36. The maximum atomic E-state index is 13.7. The second kappa shape index (κ2) is 15.8. The van der Waals surface area contributed by atoms with Gasteiger partial charge in [0, 0.05) is 74.8 Å². The zero-order valence-electron chi connectivity index (χ0n) is 28.5. The monoisotopic (exact) mass is 677 g/mol. The summed E-state index contributed by atoms with van der Waals surface area (Å²) in [5.41, 5.74) is 9.35. The molecule has 11 nitrogen and oxygen atoms in total. The summed E-state index contributed by atoms with van der Waals surface area (Å²) in [6.45, 7) is 11.5. The fraction of sp³-hybridized carbons (Fsp3) is 0.472. The number of fused-ring (bicyclic) bond motifs is 1. The molecule has 2 heterocycles. The normalized spacial score (nSPS) is 15.1. The molecular weight excluding hydrogens is 630 g/mol. The zero-order valence-corrected chi connectivity index (χ0v) is 29.3. The topological polar surface area (TPSA) is 155 Å². The first-order valence-corrected chi connectivity index (χ1v) is 17.9. The molecule has 0 spiro atoms. The van der Waals surface area contributed by atoms with Gasteiger partial charge in [-0.25, -0.2) is 18.2 Å². The molecule has 0 bridgehead atoms. The highest BCUT2D eigenvalue weighted by molar-refractivity contribution is 7.89. The van der Waals surface area contributed by atoms with Crippen LogP contribution in [0, 0.1) is 17.8 Å². The van der Waals surface area contributed by atoms with Crippen molar-refractivity contribution in [3.8, 4) is 23.0 Å². The minimum Gasteiger partial charge on any atom is -0.444 e. The van der Waals surface area contributed by atoms with Crippen LogP contribution in [0.15, 0.2) is 51.9 Å². The van der Waals surface area contributed by atoms with Crippen molar-refractivity contribution < 1.29 is 27.9 Å². The predicted octanol–water partition coefficient (Wildman–Crippen LogP) is 4.66. The van der Waals surface area contributed by atoms with Crippen LogP contribution in [-0.2, 0) is 19.6 Å². The first kappa shape index (κ1) is 36.7. The molecule has 4 rings (SSSR count). The van der Waals surface area contributed by atoms with Crippen LogP contribution >= 0.6 is 0 Å². The Bertz CT molecular complexity index is 1740. The molecule has 4 N–H and O–H groups in total. The molecule has 1 fully saturated rings. The lowest BCUT2D eigenvalue weighted by molar-refractivity contribution is -0.127. The average molecular weight is 678 g/mol. The lowest BCUT2D eigenvalue weighted by Gasteiger charge is -2.36. The van der Waals surface area contributed by atoms with E-state index in [1.165, 1.54) is 4.31 Å². The molecule has 2 aliphatic rings. The Morgan fingerprint density at radius 1 is 1.12 bits per heavy atom. The molecule has 2 aliphatic heterocycles. The van der Waals surface area contributed by atoms with E-state index in [0.717, 1.165) is 12.8 Å². The number of aliphatic hydroxyl groups excluding tert-OH is 1. The van der Waals surface area contributed by atoms with Crippen molar-refractivity contribution in [3.05, 3.63) is 53.1 Å². The molecule has 12 heteroatoms. The second-order valence-electron chi connectivity index (χ2n) is 13.1. The fourth-order valence-corrected chi connectivity index (χ4v) is 7.12. The van der Waals surface area contributed by atoms with Crippen LogP contribution in [-0.4, -0.2) is 85.5 Å². The molecule has 48 heavy (non-hydrogen) atoms. The maximum Gasteiger partial charge on any atom is 0.407 e. The predicted molar refractivity (Wildman–Crippen MR) is 188 cm³/mol. The van der Waals surface area contributed by atoms with E-state index in [4.69, 9.17) is 15.5 Å². The van der Waals surface area contributed by atoms with Crippen LogP contribution < -0.4 is 11.1 Å². The number of nitrogens with one attached hydrogen (secondary N) is 1. The van der Waals surface area contributed by atoms with Gasteiger partial charge in [0.05, 0.1) is 10.6 Å². The molecule has 0 atom stereocenters. The minimum absolute atomic E-state index is 0.0529. The first-order valence-electron chi connectivity index (χ1n) is 16.4. The summed E-state index contributed by atoms with van der Waals surface area (Å²) in [4.78, 5) is 32.4. The lowest BCUT2D eigenvalue weighted by Crippen LogP contribution is -2.51. The number of ether oxygens (including phenoxy) is 1. The molecule has 2 aromatic carbocycles. The van der Waals surface area contributed by atoms with E-state index in [2.05, 4.69) is 17.2 Å². The number of rotatable bonds is 11. The van der Waals surface area contributed by atoms with Crippen LogP contribution in [0.1, 0.15) is 71.4 Å². The number of hydrogen-bond donors (Lipinski definition) is 3. The molecule has 1 saturated heterocycles. The van der Waals surface area contributed by atoms with Gasteiger partial charge in [0.1, 0.15) is 11.4 Å². The largest absolute Gasteiger partial charge is 0.444 e. The van der Waals surface area contributed by atoms with Crippen molar-refractivity contribution in [1.82, 2.24) is 14.5 Å². The molecule has 258 valence electrons. The third-order valence-corrected chi connectivity index (χ3v) is 9.62. The van der Waals surface area contributed by atoms with E-state index in [9.17, 15) is 23.1 Å². The molecular formula is C36H47N5O6S. The lowest BCUT2D eigenvalue weighted by atomic mass is 9.95. The van der Waals surface area contributed by atoms with Crippen LogP contribution in [0.25, 0.3) is 17.2 Å². The van der Waals surface area contributed by atoms with Crippen molar-refractivity contribution in [2.24, 2.45) is 16.6 Å². The number of amides is 2. The Morgan fingerprint density at radius 2 is 1.83 bits per heavy atom. The Hall–Kier alpha value is -4.18. The number of hydrogen-bond acceptors (Lipinski definition) is 8. The van der Waals surface area contributed by atoms with Gasteiger partial charge >= 0.3 is 6.09 Å². The van der Waals surface area contributed by atoms with E-state index < -0.39 is 21.7 Å². The summed E-state index contributed by atoms with van der Waals surface area (Å²) in [5, 5.41) is 12.1. The Morgan fingerprint density at radius 3 is 2.48 bits per heavy atom. The number of nitrogens with zero attached hydrogens (tertiary/aromatic N) is 3. The number of nitrogens with two attached hydrogens (primary N) is 1. The number of carbonyl (C=O) groups excluding carboxylic acids is 2. The molecule has 0 aromatic heterocycles. The van der Waals surface area contributed by atoms with Gasteiger partial charge in [-0.2, -0.15) is 4.31 Å². The maximum absolute atomic E-state index is 13.7. The van der Waals surface area contributed by atoms with Crippen molar-refractivity contribution in [2.75, 3.05) is 39.3 Å². The summed E-state index contributed by atoms with van der Waals surface area (Å²) in [6, 6.07) is 10.4. The van der Waals surface area contributed by atoms with Crippen molar-refractivity contribution >= 4 is 39.6 Å². The van der Waals surface area contributed by atoms with E-state index >= 15 is 0 Å². The third kappa shape index (κ3) is 9.24. The Labute approximate surface area is 284 Å². The molecule has 0 radical (unpaired) electrons. The summed E-state index contributed by atoms with van der Waals surface area (Å²) in [6.07, 6.45) is 3.45. The molecule has 0 aliphatic carbocycles.